The van der Waals surface area contributed by atoms with Crippen LogP contribution >= 0.6 is 11.8 Å². The third kappa shape index (κ3) is 2.55. The van der Waals surface area contributed by atoms with Gasteiger partial charge in [0.05, 0.1) is 0 Å². The van der Waals surface area contributed by atoms with Crippen LogP contribution in [0.15, 0.2) is 27.4 Å². The fourth-order valence-corrected chi connectivity index (χ4v) is 3.40. The Balaban J connectivity index is 2.12. The van der Waals surface area contributed by atoms with Gasteiger partial charge in [0.25, 0.3) is 5.91 Å². The minimum atomic E-state index is -0.700. The number of hydrogen-bond acceptors (Lipinski definition) is 4. The van der Waals surface area contributed by atoms with E-state index in [4.69, 9.17) is 4.42 Å². The van der Waals surface area contributed by atoms with Gasteiger partial charge in [-0.05, 0) is 24.6 Å². The second-order valence-corrected chi connectivity index (χ2v) is 6.16. The fourth-order valence-electron chi connectivity index (χ4n) is 2.50. The number of nitrogens with zero attached hydrogens (tertiary/aromatic N) is 1. The lowest BCUT2D eigenvalue weighted by Crippen LogP contribution is -2.40. The lowest BCUT2D eigenvalue weighted by Gasteiger charge is -2.26. The van der Waals surface area contributed by atoms with Crippen molar-refractivity contribution < 1.29 is 13.6 Å². The normalized spacial score (nSPS) is 15.4. The maximum absolute atomic E-state index is 13.2. The van der Waals surface area contributed by atoms with E-state index in [9.17, 15) is 14.0 Å². The van der Waals surface area contributed by atoms with Crippen LogP contribution in [0.3, 0.4) is 0 Å². The zero-order valence-electron chi connectivity index (χ0n) is 11.5. The van der Waals surface area contributed by atoms with Crippen molar-refractivity contribution in [2.24, 2.45) is 0 Å². The predicted octanol–water partition coefficient (Wildman–Crippen LogP) is 2.43. The van der Waals surface area contributed by atoms with Crippen molar-refractivity contribution in [1.29, 1.82) is 0 Å². The second kappa shape index (κ2) is 5.52. The van der Waals surface area contributed by atoms with E-state index < -0.39 is 11.4 Å². The van der Waals surface area contributed by atoms with Crippen molar-refractivity contribution in [3.8, 4) is 0 Å². The van der Waals surface area contributed by atoms with E-state index in [0.29, 0.717) is 24.0 Å². The third-order valence-corrected chi connectivity index (χ3v) is 4.58. The summed E-state index contributed by atoms with van der Waals surface area (Å²) in [4.78, 5) is 26.3. The molecule has 4 nitrogen and oxygen atoms in total. The van der Waals surface area contributed by atoms with Gasteiger partial charge in [-0.2, -0.15) is 11.8 Å². The van der Waals surface area contributed by atoms with Crippen molar-refractivity contribution in [2.75, 3.05) is 24.6 Å². The molecule has 1 saturated heterocycles. The summed E-state index contributed by atoms with van der Waals surface area (Å²) < 4.78 is 18.3. The molecule has 1 amide bonds. The van der Waals surface area contributed by atoms with E-state index in [0.717, 1.165) is 17.6 Å². The van der Waals surface area contributed by atoms with Gasteiger partial charge in [0.15, 0.2) is 0 Å². The van der Waals surface area contributed by atoms with Gasteiger partial charge in [-0.1, -0.05) is 0 Å². The summed E-state index contributed by atoms with van der Waals surface area (Å²) in [6, 6.07) is 3.99. The van der Waals surface area contributed by atoms with Gasteiger partial charge in [-0.15, -0.1) is 0 Å². The number of fused-ring (bicyclic) bond motifs is 1. The number of halogens is 1. The number of amides is 1. The van der Waals surface area contributed by atoms with Crippen molar-refractivity contribution in [1.82, 2.24) is 4.90 Å². The van der Waals surface area contributed by atoms with Crippen LogP contribution < -0.4 is 5.63 Å². The Morgan fingerprint density at radius 3 is 2.76 bits per heavy atom. The summed E-state index contributed by atoms with van der Waals surface area (Å²) in [6.45, 7) is 2.96. The molecule has 0 atom stereocenters. The largest absolute Gasteiger partial charge is 0.422 e. The molecule has 0 radical (unpaired) electrons. The van der Waals surface area contributed by atoms with Crippen molar-refractivity contribution in [2.45, 2.75) is 6.92 Å². The molecule has 0 bridgehead atoms. The summed E-state index contributed by atoms with van der Waals surface area (Å²) in [5, 5.41) is 0.589. The topological polar surface area (TPSA) is 50.5 Å². The Kier molecular flexibility index (Phi) is 3.71. The highest BCUT2D eigenvalue weighted by molar-refractivity contribution is 7.99. The average molecular weight is 307 g/mol. The van der Waals surface area contributed by atoms with Crippen molar-refractivity contribution >= 4 is 28.6 Å². The molecule has 3 rings (SSSR count). The monoisotopic (exact) mass is 307 g/mol. The maximum atomic E-state index is 13.2. The highest BCUT2D eigenvalue weighted by atomic mass is 32.2. The average Bonchev–Trinajstić information content (AvgIpc) is 2.47. The molecule has 6 heteroatoms. The molecule has 1 aliphatic rings. The number of hydrogen-bond donors (Lipinski definition) is 0. The number of aryl methyl sites for hydroxylation is 1. The summed E-state index contributed by atoms with van der Waals surface area (Å²) in [5.41, 5.74) is 0.0718. The van der Waals surface area contributed by atoms with Gasteiger partial charge in [0.2, 0.25) is 0 Å². The molecule has 1 aliphatic heterocycles. The van der Waals surface area contributed by atoms with Crippen LogP contribution in [0.25, 0.3) is 11.0 Å². The lowest BCUT2D eigenvalue weighted by molar-refractivity contribution is 0.0767. The standard InChI is InChI=1S/C15H14FNO3S/c1-9-11-3-2-10(16)8-12(11)20-15(19)13(9)14(18)17-4-6-21-7-5-17/h2-3,8H,4-7H2,1H3. The molecule has 0 saturated carbocycles. The van der Waals surface area contributed by atoms with E-state index in [1.165, 1.54) is 12.1 Å². The molecule has 0 spiro atoms. The highest BCUT2D eigenvalue weighted by Gasteiger charge is 2.25. The molecule has 0 N–H and O–H groups in total. The summed E-state index contributed by atoms with van der Waals surface area (Å²) in [6.07, 6.45) is 0. The molecular weight excluding hydrogens is 293 g/mol. The van der Waals surface area contributed by atoms with Gasteiger partial charge >= 0.3 is 5.63 Å². The first-order valence-electron chi connectivity index (χ1n) is 6.68. The SMILES string of the molecule is Cc1c(C(=O)N2CCSCC2)c(=O)oc2cc(F)ccc12. The molecular formula is C15H14FNO3S. The van der Waals surface area contributed by atoms with Gasteiger partial charge in [-0.25, -0.2) is 9.18 Å². The van der Waals surface area contributed by atoms with E-state index in [1.54, 1.807) is 23.6 Å². The van der Waals surface area contributed by atoms with E-state index in [1.807, 2.05) is 0 Å². The Morgan fingerprint density at radius 1 is 1.33 bits per heavy atom. The molecule has 2 heterocycles. The number of thioether (sulfide) groups is 1. The first-order chi connectivity index (χ1) is 10.1. The zero-order chi connectivity index (χ0) is 15.0. The van der Waals surface area contributed by atoms with Gasteiger partial charge in [0.1, 0.15) is 17.0 Å². The van der Waals surface area contributed by atoms with Crippen LogP contribution in [-0.2, 0) is 0 Å². The van der Waals surface area contributed by atoms with Crippen molar-refractivity contribution in [3.05, 3.63) is 45.6 Å². The molecule has 2 aromatic rings. The minimum absolute atomic E-state index is 0.0565. The zero-order valence-corrected chi connectivity index (χ0v) is 12.3. The van der Waals surface area contributed by atoms with E-state index in [-0.39, 0.29) is 17.1 Å². The molecule has 1 aromatic heterocycles. The third-order valence-electron chi connectivity index (χ3n) is 3.64. The van der Waals surface area contributed by atoms with E-state index in [2.05, 4.69) is 0 Å². The van der Waals surface area contributed by atoms with Gasteiger partial charge < -0.3 is 9.32 Å². The molecule has 110 valence electrons. The van der Waals surface area contributed by atoms with Crippen molar-refractivity contribution in [3.63, 3.8) is 0 Å². The first-order valence-corrected chi connectivity index (χ1v) is 7.83. The summed E-state index contributed by atoms with van der Waals surface area (Å²) in [5.74, 6) is 0.967. The second-order valence-electron chi connectivity index (χ2n) is 4.93. The quantitative estimate of drug-likeness (QED) is 0.759. The number of carbonyl (C=O) groups excluding carboxylic acids is 1. The van der Waals surface area contributed by atoms with Crippen LogP contribution in [0.4, 0.5) is 4.39 Å². The summed E-state index contributed by atoms with van der Waals surface area (Å²) in [7, 11) is 0. The number of benzene rings is 1. The Bertz CT molecular complexity index is 765. The van der Waals surface area contributed by atoms with Crippen LogP contribution in [0.5, 0.6) is 0 Å². The fraction of sp³-hybridized carbons (Fsp3) is 0.333. The van der Waals surface area contributed by atoms with E-state index >= 15 is 0 Å². The smallest absolute Gasteiger partial charge is 0.349 e. The predicted molar refractivity (Wildman–Crippen MR) is 80.4 cm³/mol. The number of carbonyl (C=O) groups is 1. The summed E-state index contributed by atoms with van der Waals surface area (Å²) >= 11 is 1.79. The van der Waals surface area contributed by atoms with Crippen LogP contribution in [0.2, 0.25) is 0 Å². The molecule has 0 aliphatic carbocycles. The van der Waals surface area contributed by atoms with Crippen LogP contribution in [0.1, 0.15) is 15.9 Å². The van der Waals surface area contributed by atoms with Gasteiger partial charge in [0, 0.05) is 36.0 Å². The van der Waals surface area contributed by atoms with Crippen LogP contribution in [0, 0.1) is 12.7 Å². The first kappa shape index (κ1) is 14.1. The lowest BCUT2D eigenvalue weighted by atomic mass is 10.0. The molecule has 21 heavy (non-hydrogen) atoms. The minimum Gasteiger partial charge on any atom is -0.422 e. The molecule has 1 aromatic carbocycles. The van der Waals surface area contributed by atoms with Gasteiger partial charge in [-0.3, -0.25) is 4.79 Å². The Morgan fingerprint density at radius 2 is 2.05 bits per heavy atom. The molecule has 1 fully saturated rings. The van der Waals surface area contributed by atoms with Crippen LogP contribution in [-0.4, -0.2) is 35.4 Å². The number of rotatable bonds is 1. The highest BCUT2D eigenvalue weighted by Crippen LogP contribution is 2.22. The molecule has 0 unspecified atom stereocenters. The maximum Gasteiger partial charge on any atom is 0.349 e. The Labute approximate surface area is 124 Å². The Hall–Kier alpha value is -1.82.